The number of anilines is 1. The highest BCUT2D eigenvalue weighted by molar-refractivity contribution is 9.10. The van der Waals surface area contributed by atoms with Crippen molar-refractivity contribution in [1.82, 2.24) is 0 Å². The number of ether oxygens (including phenoxy) is 3. The zero-order valence-corrected chi connectivity index (χ0v) is 11.8. The summed E-state index contributed by atoms with van der Waals surface area (Å²) < 4.78 is 16.4. The molecule has 0 unspecified atom stereocenters. The van der Waals surface area contributed by atoms with Crippen molar-refractivity contribution in [3.05, 3.63) is 16.6 Å². The fourth-order valence-electron chi connectivity index (χ4n) is 1.79. The first kappa shape index (κ1) is 13.2. The van der Waals surface area contributed by atoms with Gasteiger partial charge in [0.1, 0.15) is 11.5 Å². The second-order valence-corrected chi connectivity index (χ2v) is 4.64. The Bertz CT molecular complexity index is 464. The lowest BCUT2D eigenvalue weighted by molar-refractivity contribution is -0.121. The van der Waals surface area contributed by atoms with E-state index in [1.54, 1.807) is 31.3 Å². The SMILES string of the molecule is COCCN1C(=O)COc2cc(Br)c(OC)cc21. The Labute approximate surface area is 114 Å². The molecule has 0 saturated heterocycles. The first-order valence-corrected chi connectivity index (χ1v) is 6.26. The van der Waals surface area contributed by atoms with Crippen molar-refractivity contribution in [3.63, 3.8) is 0 Å². The van der Waals surface area contributed by atoms with Crippen molar-refractivity contribution in [2.75, 3.05) is 38.9 Å². The van der Waals surface area contributed by atoms with Gasteiger partial charge in [-0.25, -0.2) is 0 Å². The molecule has 1 aliphatic heterocycles. The largest absolute Gasteiger partial charge is 0.495 e. The Morgan fingerprint density at radius 3 is 2.89 bits per heavy atom. The van der Waals surface area contributed by atoms with E-state index in [1.807, 2.05) is 0 Å². The fourth-order valence-corrected chi connectivity index (χ4v) is 2.27. The molecule has 0 N–H and O–H groups in total. The van der Waals surface area contributed by atoms with Crippen molar-refractivity contribution in [2.45, 2.75) is 0 Å². The molecule has 0 saturated carbocycles. The molecule has 6 heteroatoms. The van der Waals surface area contributed by atoms with Gasteiger partial charge in [0.2, 0.25) is 0 Å². The van der Waals surface area contributed by atoms with Gasteiger partial charge >= 0.3 is 0 Å². The summed E-state index contributed by atoms with van der Waals surface area (Å²) in [6, 6.07) is 3.59. The first-order chi connectivity index (χ1) is 8.67. The number of rotatable bonds is 4. The Morgan fingerprint density at radius 2 is 2.22 bits per heavy atom. The molecule has 1 heterocycles. The summed E-state index contributed by atoms with van der Waals surface area (Å²) in [5.74, 6) is 1.25. The maximum absolute atomic E-state index is 11.8. The van der Waals surface area contributed by atoms with E-state index in [4.69, 9.17) is 14.2 Å². The topological polar surface area (TPSA) is 48.0 Å². The van der Waals surface area contributed by atoms with Crippen LogP contribution in [0.4, 0.5) is 5.69 Å². The molecule has 0 fully saturated rings. The molecule has 0 aliphatic carbocycles. The van der Waals surface area contributed by atoms with E-state index in [2.05, 4.69) is 15.9 Å². The highest BCUT2D eigenvalue weighted by Gasteiger charge is 2.26. The number of carbonyl (C=O) groups excluding carboxylic acids is 1. The second kappa shape index (κ2) is 5.58. The van der Waals surface area contributed by atoms with Crippen LogP contribution in [0.1, 0.15) is 0 Å². The van der Waals surface area contributed by atoms with Crippen molar-refractivity contribution in [1.29, 1.82) is 0 Å². The van der Waals surface area contributed by atoms with Crippen LogP contribution >= 0.6 is 15.9 Å². The standard InChI is InChI=1S/C12H14BrNO4/c1-16-4-3-14-9-6-10(17-2)8(13)5-11(9)18-7-12(14)15/h5-6H,3-4,7H2,1-2H3. The molecule has 1 aromatic carbocycles. The molecule has 2 rings (SSSR count). The molecule has 0 atom stereocenters. The average Bonchev–Trinajstić information content (AvgIpc) is 2.37. The zero-order chi connectivity index (χ0) is 13.1. The monoisotopic (exact) mass is 315 g/mol. The molecule has 1 amide bonds. The van der Waals surface area contributed by atoms with Crippen molar-refractivity contribution in [2.24, 2.45) is 0 Å². The molecule has 18 heavy (non-hydrogen) atoms. The predicted octanol–water partition coefficient (Wildman–Crippen LogP) is 1.83. The summed E-state index contributed by atoms with van der Waals surface area (Å²) in [5, 5.41) is 0. The number of hydrogen-bond acceptors (Lipinski definition) is 4. The Hall–Kier alpha value is -1.27. The molecular weight excluding hydrogens is 302 g/mol. The third-order valence-electron chi connectivity index (χ3n) is 2.70. The summed E-state index contributed by atoms with van der Waals surface area (Å²) in [4.78, 5) is 13.5. The number of hydrogen-bond donors (Lipinski definition) is 0. The zero-order valence-electron chi connectivity index (χ0n) is 10.2. The van der Waals surface area contributed by atoms with Crippen LogP contribution in [0.5, 0.6) is 11.5 Å². The van der Waals surface area contributed by atoms with E-state index >= 15 is 0 Å². The van der Waals surface area contributed by atoms with Crippen molar-refractivity contribution in [3.8, 4) is 11.5 Å². The van der Waals surface area contributed by atoms with Gasteiger partial charge in [0.15, 0.2) is 6.61 Å². The normalized spacial score (nSPS) is 14.2. The third kappa shape index (κ3) is 2.44. The smallest absolute Gasteiger partial charge is 0.265 e. The minimum Gasteiger partial charge on any atom is -0.495 e. The maximum Gasteiger partial charge on any atom is 0.265 e. The summed E-state index contributed by atoms with van der Waals surface area (Å²) in [6.45, 7) is 1.02. The van der Waals surface area contributed by atoms with Crippen LogP contribution < -0.4 is 14.4 Å². The second-order valence-electron chi connectivity index (χ2n) is 3.78. The van der Waals surface area contributed by atoms with Gasteiger partial charge in [-0.1, -0.05) is 0 Å². The number of benzene rings is 1. The van der Waals surface area contributed by atoms with Gasteiger partial charge in [-0.3, -0.25) is 4.79 Å². The van der Waals surface area contributed by atoms with Crippen LogP contribution in [-0.2, 0) is 9.53 Å². The van der Waals surface area contributed by atoms with Crippen molar-refractivity contribution >= 4 is 27.5 Å². The van der Waals surface area contributed by atoms with Crippen LogP contribution in [0.3, 0.4) is 0 Å². The predicted molar refractivity (Wildman–Crippen MR) is 70.4 cm³/mol. The van der Waals surface area contributed by atoms with Crippen LogP contribution in [0.15, 0.2) is 16.6 Å². The summed E-state index contributed by atoms with van der Waals surface area (Å²) in [7, 11) is 3.19. The quantitative estimate of drug-likeness (QED) is 0.850. The number of fused-ring (bicyclic) bond motifs is 1. The number of carbonyl (C=O) groups is 1. The summed E-state index contributed by atoms with van der Waals surface area (Å²) >= 11 is 3.39. The number of amides is 1. The third-order valence-corrected chi connectivity index (χ3v) is 3.32. The van der Waals surface area contributed by atoms with Crippen LogP contribution in [-0.4, -0.2) is 39.9 Å². The van der Waals surface area contributed by atoms with Gasteiger partial charge in [-0.05, 0) is 15.9 Å². The molecule has 0 spiro atoms. The highest BCUT2D eigenvalue weighted by Crippen LogP contribution is 2.40. The lowest BCUT2D eigenvalue weighted by atomic mass is 10.2. The summed E-state index contributed by atoms with van der Waals surface area (Å²) in [5.41, 5.74) is 0.711. The Morgan fingerprint density at radius 1 is 1.44 bits per heavy atom. The van der Waals surface area contributed by atoms with Gasteiger partial charge in [0.05, 0.1) is 23.9 Å². The minimum atomic E-state index is -0.0797. The maximum atomic E-state index is 11.8. The van der Waals surface area contributed by atoms with E-state index in [1.165, 1.54) is 0 Å². The number of halogens is 1. The van der Waals surface area contributed by atoms with Crippen LogP contribution in [0, 0.1) is 0 Å². The van der Waals surface area contributed by atoms with Gasteiger partial charge in [-0.2, -0.15) is 0 Å². The molecule has 0 aromatic heterocycles. The average molecular weight is 316 g/mol. The van der Waals surface area contributed by atoms with Gasteiger partial charge in [0, 0.05) is 25.8 Å². The molecule has 1 aliphatic rings. The Kier molecular flexibility index (Phi) is 4.08. The van der Waals surface area contributed by atoms with Gasteiger partial charge in [0.25, 0.3) is 5.91 Å². The van der Waals surface area contributed by atoms with E-state index in [0.717, 1.165) is 4.47 Å². The molecular formula is C12H14BrNO4. The van der Waals surface area contributed by atoms with Crippen LogP contribution in [0.25, 0.3) is 0 Å². The molecule has 98 valence electrons. The molecule has 0 bridgehead atoms. The molecule has 1 aromatic rings. The van der Waals surface area contributed by atoms with E-state index in [9.17, 15) is 4.79 Å². The highest BCUT2D eigenvalue weighted by atomic mass is 79.9. The van der Waals surface area contributed by atoms with E-state index in [0.29, 0.717) is 30.3 Å². The molecule has 0 radical (unpaired) electrons. The fraction of sp³-hybridized carbons (Fsp3) is 0.417. The minimum absolute atomic E-state index is 0.0511. The molecule has 5 nitrogen and oxygen atoms in total. The summed E-state index contributed by atoms with van der Waals surface area (Å²) in [6.07, 6.45) is 0. The lowest BCUT2D eigenvalue weighted by Crippen LogP contribution is -2.40. The van der Waals surface area contributed by atoms with E-state index in [-0.39, 0.29) is 12.5 Å². The number of methoxy groups -OCH3 is 2. The van der Waals surface area contributed by atoms with Crippen molar-refractivity contribution < 1.29 is 19.0 Å². The van der Waals surface area contributed by atoms with Gasteiger partial charge < -0.3 is 19.1 Å². The van der Waals surface area contributed by atoms with E-state index < -0.39 is 0 Å². The Balaban J connectivity index is 2.38. The first-order valence-electron chi connectivity index (χ1n) is 5.47. The van der Waals surface area contributed by atoms with Crippen LogP contribution in [0.2, 0.25) is 0 Å². The van der Waals surface area contributed by atoms with Gasteiger partial charge in [-0.15, -0.1) is 0 Å². The number of nitrogens with zero attached hydrogens (tertiary/aromatic N) is 1. The lowest BCUT2D eigenvalue weighted by Gasteiger charge is -2.29.